The third-order valence-corrected chi connectivity index (χ3v) is 16.5. The molecule has 0 spiro atoms. The van der Waals surface area contributed by atoms with E-state index in [-0.39, 0.29) is 10.4 Å². The van der Waals surface area contributed by atoms with E-state index in [1.165, 1.54) is 6.42 Å². The van der Waals surface area contributed by atoms with E-state index < -0.39 is 18.1 Å². The molecule has 0 amide bonds. The lowest BCUT2D eigenvalue weighted by Gasteiger charge is -2.50. The quantitative estimate of drug-likeness (QED) is 0.164. The zero-order chi connectivity index (χ0) is 24.1. The molecule has 1 aromatic rings. The summed E-state index contributed by atoms with van der Waals surface area (Å²) in [6.45, 7) is 21.8. The van der Waals surface area contributed by atoms with Gasteiger partial charge in [-0.15, -0.1) is 11.0 Å². The maximum atomic E-state index is 13.5. The van der Waals surface area contributed by atoms with Gasteiger partial charge in [0.15, 0.2) is 0 Å². The van der Waals surface area contributed by atoms with Crippen LogP contribution in [0.5, 0.6) is 0 Å². The highest BCUT2D eigenvalue weighted by atomic mass is 32.2. The lowest BCUT2D eigenvalue weighted by atomic mass is 10.1. The van der Waals surface area contributed by atoms with Gasteiger partial charge in [-0.25, -0.2) is 0 Å². The molecule has 180 valence electrons. The molecule has 0 N–H and O–H groups in total. The van der Waals surface area contributed by atoms with Crippen LogP contribution in [0.3, 0.4) is 0 Å². The second kappa shape index (κ2) is 11.1. The molecule has 1 aliphatic heterocycles. The first-order chi connectivity index (χ1) is 15.0. The van der Waals surface area contributed by atoms with E-state index >= 15 is 0 Å². The van der Waals surface area contributed by atoms with Crippen molar-refractivity contribution in [3.05, 3.63) is 42.5 Å². The van der Waals surface area contributed by atoms with Crippen molar-refractivity contribution in [3.8, 4) is 0 Å². The summed E-state index contributed by atoms with van der Waals surface area (Å²) in [6.07, 6.45) is 6.13. The van der Waals surface area contributed by atoms with Crippen LogP contribution in [0, 0.1) is 6.92 Å². The van der Waals surface area contributed by atoms with Crippen molar-refractivity contribution < 1.29 is 8.42 Å². The maximum Gasteiger partial charge on any atom is 0.283 e. The van der Waals surface area contributed by atoms with Gasteiger partial charge in [0.25, 0.3) is 10.0 Å². The highest BCUT2D eigenvalue weighted by Crippen LogP contribution is 2.52. The summed E-state index contributed by atoms with van der Waals surface area (Å²) in [6, 6.07) is 7.06. The number of sulfonamides is 1. The molecule has 1 atom stereocenters. The highest BCUT2D eigenvalue weighted by molar-refractivity contribution is 7.90. The molecule has 1 unspecified atom stereocenters. The molecule has 0 aromatic heterocycles. The predicted molar refractivity (Wildman–Crippen MR) is 141 cm³/mol. The standard InChI is InChI=1S/C26H44N2O2SSi/c1-9-13-25(32(20(2)3,21(4)5)22(6)7)26(28-18-11-10-12-19-28)27-31(29,30)24-16-14-23(8)15-17-24/h9,14-17,20-22,25H,1,10-13,18-19H2,2-8H3/b27-26-. The summed E-state index contributed by atoms with van der Waals surface area (Å²) in [5.41, 5.74) is 2.68. The number of hydrogen-bond donors (Lipinski definition) is 0. The van der Waals surface area contributed by atoms with E-state index in [9.17, 15) is 8.42 Å². The molecular weight excluding hydrogens is 432 g/mol. The lowest BCUT2D eigenvalue weighted by molar-refractivity contribution is 0.335. The lowest BCUT2D eigenvalue weighted by Crippen LogP contribution is -2.55. The summed E-state index contributed by atoms with van der Waals surface area (Å²) in [4.78, 5) is 2.57. The van der Waals surface area contributed by atoms with Gasteiger partial charge >= 0.3 is 0 Å². The molecule has 1 aliphatic rings. The van der Waals surface area contributed by atoms with Gasteiger partial charge in [0.2, 0.25) is 0 Å². The number of benzene rings is 1. The number of rotatable bonds is 9. The normalized spacial score (nSPS) is 17.3. The van der Waals surface area contributed by atoms with E-state index in [0.717, 1.165) is 43.8 Å². The van der Waals surface area contributed by atoms with Crippen LogP contribution >= 0.6 is 0 Å². The van der Waals surface area contributed by atoms with Crippen molar-refractivity contribution in [2.75, 3.05) is 13.1 Å². The zero-order valence-electron chi connectivity index (χ0n) is 21.3. The Morgan fingerprint density at radius 2 is 1.50 bits per heavy atom. The van der Waals surface area contributed by atoms with Crippen LogP contribution in [-0.2, 0) is 10.0 Å². The monoisotopic (exact) mass is 476 g/mol. The highest BCUT2D eigenvalue weighted by Gasteiger charge is 2.51. The van der Waals surface area contributed by atoms with Crippen molar-refractivity contribution in [3.63, 3.8) is 0 Å². The van der Waals surface area contributed by atoms with Gasteiger partial charge in [-0.2, -0.15) is 8.42 Å². The molecule has 0 saturated carbocycles. The van der Waals surface area contributed by atoms with Crippen LogP contribution in [0.25, 0.3) is 0 Å². The fourth-order valence-electron chi connectivity index (χ4n) is 6.26. The minimum absolute atomic E-state index is 0.123. The third kappa shape index (κ3) is 5.56. The Bertz CT molecular complexity index is 861. The van der Waals surface area contributed by atoms with E-state index in [0.29, 0.717) is 16.6 Å². The van der Waals surface area contributed by atoms with Crippen molar-refractivity contribution in [2.45, 2.75) is 101 Å². The minimum Gasteiger partial charge on any atom is -0.359 e. The summed E-state index contributed by atoms with van der Waals surface area (Å²) < 4.78 is 31.7. The first kappa shape index (κ1) is 26.8. The topological polar surface area (TPSA) is 49.7 Å². The van der Waals surface area contributed by atoms with Crippen molar-refractivity contribution in [1.82, 2.24) is 4.90 Å². The number of allylic oxidation sites excluding steroid dienone is 1. The number of hydrogen-bond acceptors (Lipinski definition) is 2. The van der Waals surface area contributed by atoms with Crippen LogP contribution in [0.15, 0.2) is 46.2 Å². The average molecular weight is 477 g/mol. The largest absolute Gasteiger partial charge is 0.359 e. The predicted octanol–water partition coefficient (Wildman–Crippen LogP) is 7.19. The molecule has 1 aromatic carbocycles. The minimum atomic E-state index is -3.79. The Kier molecular flexibility index (Phi) is 9.35. The Morgan fingerprint density at radius 1 is 1.00 bits per heavy atom. The van der Waals surface area contributed by atoms with Crippen LogP contribution in [0.4, 0.5) is 0 Å². The maximum absolute atomic E-state index is 13.5. The Labute approximate surface area is 198 Å². The Balaban J connectivity index is 2.76. The number of amidine groups is 1. The second-order valence-corrected chi connectivity index (χ2v) is 18.1. The Morgan fingerprint density at radius 3 is 1.94 bits per heavy atom. The molecule has 6 heteroatoms. The SMILES string of the molecule is C=CCC(/C(=N/S(=O)(=O)c1ccc(C)cc1)N1CCCCC1)[Si](C(C)C)(C(C)C)C(C)C. The van der Waals surface area contributed by atoms with Crippen LogP contribution in [-0.4, -0.2) is 40.3 Å². The van der Waals surface area contributed by atoms with Crippen LogP contribution in [0.1, 0.15) is 72.8 Å². The van der Waals surface area contributed by atoms with E-state index in [4.69, 9.17) is 0 Å². The van der Waals surface area contributed by atoms with E-state index in [1.807, 2.05) is 25.1 Å². The average Bonchev–Trinajstić information content (AvgIpc) is 2.72. The summed E-state index contributed by atoms with van der Waals surface area (Å²) in [5, 5.41) is 0. The van der Waals surface area contributed by atoms with E-state index in [2.05, 4.69) is 57.4 Å². The summed E-state index contributed by atoms with van der Waals surface area (Å²) in [5.74, 6) is 0.799. The molecule has 1 heterocycles. The first-order valence-electron chi connectivity index (χ1n) is 12.3. The first-order valence-corrected chi connectivity index (χ1v) is 16.0. The van der Waals surface area contributed by atoms with Gasteiger partial charge in [-0.3, -0.25) is 0 Å². The molecule has 4 nitrogen and oxygen atoms in total. The van der Waals surface area contributed by atoms with Crippen molar-refractivity contribution in [1.29, 1.82) is 0 Å². The fraction of sp³-hybridized carbons (Fsp3) is 0.654. The van der Waals surface area contributed by atoms with Gasteiger partial charge in [-0.1, -0.05) is 65.3 Å². The Hall–Kier alpha value is -1.40. The zero-order valence-corrected chi connectivity index (χ0v) is 23.1. The van der Waals surface area contributed by atoms with Gasteiger partial charge in [0, 0.05) is 18.6 Å². The van der Waals surface area contributed by atoms with Crippen LogP contribution in [0.2, 0.25) is 22.2 Å². The molecule has 2 rings (SSSR count). The summed E-state index contributed by atoms with van der Waals surface area (Å²) >= 11 is 0. The van der Waals surface area contributed by atoms with Gasteiger partial charge in [0.1, 0.15) is 5.84 Å². The molecule has 0 aliphatic carbocycles. The smallest absolute Gasteiger partial charge is 0.283 e. The third-order valence-electron chi connectivity index (χ3n) is 7.53. The number of piperidine rings is 1. The molecule has 32 heavy (non-hydrogen) atoms. The van der Waals surface area contributed by atoms with Crippen LogP contribution < -0.4 is 0 Å². The van der Waals surface area contributed by atoms with Gasteiger partial charge in [-0.05, 0) is 61.4 Å². The van der Waals surface area contributed by atoms with Gasteiger partial charge in [0.05, 0.1) is 13.0 Å². The number of nitrogens with zero attached hydrogens (tertiary/aromatic N) is 2. The molecule has 0 bridgehead atoms. The molecular formula is C26H44N2O2SSi. The molecule has 0 radical (unpaired) electrons. The van der Waals surface area contributed by atoms with E-state index in [1.54, 1.807) is 12.1 Å². The molecule has 1 fully saturated rings. The van der Waals surface area contributed by atoms with Crippen molar-refractivity contribution >= 4 is 23.9 Å². The number of aryl methyl sites for hydroxylation is 1. The van der Waals surface area contributed by atoms with Gasteiger partial charge < -0.3 is 4.90 Å². The number of likely N-dealkylation sites (tertiary alicyclic amines) is 1. The summed E-state index contributed by atoms with van der Waals surface area (Å²) in [7, 11) is -5.83. The fourth-order valence-corrected chi connectivity index (χ4v) is 15.1. The molecule has 1 saturated heterocycles. The second-order valence-electron chi connectivity index (χ2n) is 10.3. The van der Waals surface area contributed by atoms with Crippen molar-refractivity contribution in [2.24, 2.45) is 4.40 Å².